The summed E-state index contributed by atoms with van der Waals surface area (Å²) in [6.07, 6.45) is 0. The van der Waals surface area contributed by atoms with Gasteiger partial charge in [-0.2, -0.15) is 0 Å². The van der Waals surface area contributed by atoms with Gasteiger partial charge in [0.15, 0.2) is 0 Å². The van der Waals surface area contributed by atoms with Crippen LogP contribution in [-0.4, -0.2) is 11.1 Å². The van der Waals surface area contributed by atoms with Crippen molar-refractivity contribution in [3.05, 3.63) is 52.8 Å². The average Bonchev–Trinajstić information content (AvgIpc) is 2.33. The molecule has 0 saturated heterocycles. The Bertz CT molecular complexity index is 628. The van der Waals surface area contributed by atoms with E-state index in [9.17, 15) is 9.18 Å². The number of hydrogen-bond donors (Lipinski definition) is 2. The lowest BCUT2D eigenvalue weighted by molar-refractivity contribution is 0.0698. The van der Waals surface area contributed by atoms with Crippen molar-refractivity contribution in [1.29, 1.82) is 0 Å². The van der Waals surface area contributed by atoms with Crippen LogP contribution in [0.25, 0.3) is 11.1 Å². The molecule has 2 aromatic carbocycles. The summed E-state index contributed by atoms with van der Waals surface area (Å²) in [6, 6.07) is 8.79. The first kappa shape index (κ1) is 12.4. The molecule has 2 rings (SSSR count). The van der Waals surface area contributed by atoms with Crippen LogP contribution in [0.4, 0.5) is 10.1 Å². The first-order valence-corrected chi connectivity index (χ1v) is 5.45. The molecule has 0 aromatic heterocycles. The third-order valence-electron chi connectivity index (χ3n) is 2.54. The minimum absolute atomic E-state index is 0.0112. The SMILES string of the molecule is Nc1ccc(-c2ccc(Cl)c(F)c2)cc1C(=O)O. The van der Waals surface area contributed by atoms with E-state index in [0.717, 1.165) is 0 Å². The number of carboxylic acid groups (broad SMARTS) is 1. The molecule has 0 heterocycles. The molecule has 2 aromatic rings. The maximum absolute atomic E-state index is 13.3. The van der Waals surface area contributed by atoms with Crippen LogP contribution in [0, 0.1) is 5.82 Å². The molecular weight excluding hydrogens is 257 g/mol. The number of rotatable bonds is 2. The molecular formula is C13H9ClFNO2. The minimum atomic E-state index is -1.12. The molecule has 5 heteroatoms. The van der Waals surface area contributed by atoms with Crippen LogP contribution < -0.4 is 5.73 Å². The zero-order chi connectivity index (χ0) is 13.3. The Morgan fingerprint density at radius 3 is 2.39 bits per heavy atom. The Morgan fingerprint density at radius 1 is 1.17 bits per heavy atom. The lowest BCUT2D eigenvalue weighted by Crippen LogP contribution is -2.02. The van der Waals surface area contributed by atoms with E-state index in [2.05, 4.69) is 0 Å². The molecule has 0 radical (unpaired) electrons. The van der Waals surface area contributed by atoms with E-state index < -0.39 is 11.8 Å². The van der Waals surface area contributed by atoms with Crippen molar-refractivity contribution in [3.8, 4) is 11.1 Å². The summed E-state index contributed by atoms with van der Waals surface area (Å²) in [4.78, 5) is 11.0. The largest absolute Gasteiger partial charge is 0.478 e. The smallest absolute Gasteiger partial charge is 0.337 e. The summed E-state index contributed by atoms with van der Waals surface area (Å²) in [6.45, 7) is 0. The van der Waals surface area contributed by atoms with Gasteiger partial charge in [-0.05, 0) is 35.4 Å². The number of carbonyl (C=O) groups is 1. The van der Waals surface area contributed by atoms with E-state index in [0.29, 0.717) is 11.1 Å². The van der Waals surface area contributed by atoms with Gasteiger partial charge in [0, 0.05) is 5.69 Å². The van der Waals surface area contributed by atoms with Gasteiger partial charge in [-0.15, -0.1) is 0 Å². The van der Waals surface area contributed by atoms with E-state index in [1.165, 1.54) is 24.3 Å². The van der Waals surface area contributed by atoms with Gasteiger partial charge >= 0.3 is 5.97 Å². The topological polar surface area (TPSA) is 63.3 Å². The number of benzene rings is 2. The molecule has 0 fully saturated rings. The molecule has 0 saturated carbocycles. The Labute approximate surface area is 108 Å². The van der Waals surface area contributed by atoms with Gasteiger partial charge in [0.25, 0.3) is 0 Å². The van der Waals surface area contributed by atoms with Crippen LogP contribution >= 0.6 is 11.6 Å². The summed E-state index contributed by atoms with van der Waals surface area (Å²) in [5.41, 5.74) is 6.81. The fourth-order valence-corrected chi connectivity index (χ4v) is 1.71. The van der Waals surface area contributed by atoms with Crippen molar-refractivity contribution >= 4 is 23.3 Å². The second-order valence-corrected chi connectivity index (χ2v) is 4.14. The van der Waals surface area contributed by atoms with Gasteiger partial charge in [0.05, 0.1) is 10.6 Å². The second-order valence-electron chi connectivity index (χ2n) is 3.74. The number of nitrogen functional groups attached to an aromatic ring is 1. The lowest BCUT2D eigenvalue weighted by atomic mass is 10.0. The summed E-state index contributed by atoms with van der Waals surface area (Å²) >= 11 is 5.59. The van der Waals surface area contributed by atoms with Crippen LogP contribution in [0.1, 0.15) is 10.4 Å². The minimum Gasteiger partial charge on any atom is -0.478 e. The summed E-state index contributed by atoms with van der Waals surface area (Å²) in [7, 11) is 0. The molecule has 3 nitrogen and oxygen atoms in total. The zero-order valence-corrected chi connectivity index (χ0v) is 9.91. The molecule has 3 N–H and O–H groups in total. The average molecular weight is 266 g/mol. The van der Waals surface area contributed by atoms with Crippen LogP contribution in [0.15, 0.2) is 36.4 Å². The van der Waals surface area contributed by atoms with Gasteiger partial charge in [-0.1, -0.05) is 23.7 Å². The van der Waals surface area contributed by atoms with Crippen molar-refractivity contribution in [2.45, 2.75) is 0 Å². The Hall–Kier alpha value is -2.07. The highest BCUT2D eigenvalue weighted by atomic mass is 35.5. The lowest BCUT2D eigenvalue weighted by Gasteiger charge is -2.06. The van der Waals surface area contributed by atoms with Crippen LogP contribution in [0.5, 0.6) is 0 Å². The third kappa shape index (κ3) is 2.28. The number of nitrogens with two attached hydrogens (primary N) is 1. The van der Waals surface area contributed by atoms with E-state index in [1.54, 1.807) is 12.1 Å². The number of halogens is 2. The first-order valence-electron chi connectivity index (χ1n) is 5.07. The van der Waals surface area contributed by atoms with Crippen molar-refractivity contribution in [2.24, 2.45) is 0 Å². The number of hydrogen-bond acceptors (Lipinski definition) is 2. The maximum Gasteiger partial charge on any atom is 0.337 e. The quantitative estimate of drug-likeness (QED) is 0.818. The summed E-state index contributed by atoms with van der Waals surface area (Å²) in [5, 5.41) is 8.98. The monoisotopic (exact) mass is 265 g/mol. The molecule has 0 unspecified atom stereocenters. The highest BCUT2D eigenvalue weighted by Gasteiger charge is 2.10. The normalized spacial score (nSPS) is 10.3. The van der Waals surface area contributed by atoms with Crippen molar-refractivity contribution in [2.75, 3.05) is 5.73 Å². The van der Waals surface area contributed by atoms with Gasteiger partial charge in [-0.3, -0.25) is 0 Å². The van der Waals surface area contributed by atoms with Gasteiger partial charge in [0.2, 0.25) is 0 Å². The molecule has 0 spiro atoms. The van der Waals surface area contributed by atoms with E-state index in [-0.39, 0.29) is 16.3 Å². The molecule has 0 aliphatic rings. The van der Waals surface area contributed by atoms with Gasteiger partial charge in [-0.25, -0.2) is 9.18 Å². The fraction of sp³-hybridized carbons (Fsp3) is 0. The van der Waals surface area contributed by atoms with Crippen LogP contribution in [-0.2, 0) is 0 Å². The number of aromatic carboxylic acids is 1. The van der Waals surface area contributed by atoms with Gasteiger partial charge < -0.3 is 10.8 Å². The van der Waals surface area contributed by atoms with Gasteiger partial charge in [0.1, 0.15) is 5.82 Å². The third-order valence-corrected chi connectivity index (χ3v) is 2.84. The Balaban J connectivity index is 2.54. The predicted molar refractivity (Wildman–Crippen MR) is 68.2 cm³/mol. The number of anilines is 1. The molecule has 0 aliphatic carbocycles. The molecule has 0 amide bonds. The second kappa shape index (κ2) is 4.66. The van der Waals surface area contributed by atoms with Crippen molar-refractivity contribution in [1.82, 2.24) is 0 Å². The highest BCUT2D eigenvalue weighted by molar-refractivity contribution is 6.30. The van der Waals surface area contributed by atoms with E-state index in [4.69, 9.17) is 22.4 Å². The number of carboxylic acids is 1. The Morgan fingerprint density at radius 2 is 1.78 bits per heavy atom. The fourth-order valence-electron chi connectivity index (χ4n) is 1.60. The van der Waals surface area contributed by atoms with E-state index >= 15 is 0 Å². The maximum atomic E-state index is 13.3. The van der Waals surface area contributed by atoms with Crippen LogP contribution in [0.2, 0.25) is 5.02 Å². The molecule has 0 bridgehead atoms. The zero-order valence-electron chi connectivity index (χ0n) is 9.15. The van der Waals surface area contributed by atoms with Crippen molar-refractivity contribution < 1.29 is 14.3 Å². The predicted octanol–water partition coefficient (Wildman–Crippen LogP) is 3.43. The Kier molecular flexibility index (Phi) is 3.21. The van der Waals surface area contributed by atoms with E-state index in [1.807, 2.05) is 0 Å². The highest BCUT2D eigenvalue weighted by Crippen LogP contribution is 2.26. The molecule has 0 aliphatic heterocycles. The summed E-state index contributed by atoms with van der Waals surface area (Å²) in [5.74, 6) is -1.67. The van der Waals surface area contributed by atoms with Crippen LogP contribution in [0.3, 0.4) is 0 Å². The molecule has 92 valence electrons. The van der Waals surface area contributed by atoms with Crippen molar-refractivity contribution in [3.63, 3.8) is 0 Å². The first-order chi connectivity index (χ1) is 8.49. The molecule has 0 atom stereocenters. The standard InChI is InChI=1S/C13H9ClFNO2/c14-10-3-1-8(6-11(10)15)7-2-4-12(16)9(5-7)13(17)18/h1-6H,16H2,(H,17,18). The summed E-state index contributed by atoms with van der Waals surface area (Å²) < 4.78 is 13.3. The molecule has 18 heavy (non-hydrogen) atoms.